The van der Waals surface area contributed by atoms with Crippen molar-refractivity contribution >= 4 is 0 Å². The van der Waals surface area contributed by atoms with Gasteiger partial charge in [-0.2, -0.15) is 0 Å². The molecule has 1 N–H and O–H groups in total. The summed E-state index contributed by atoms with van der Waals surface area (Å²) in [5.74, 6) is 3.90. The lowest BCUT2D eigenvalue weighted by Crippen LogP contribution is -2.46. The van der Waals surface area contributed by atoms with E-state index in [1.54, 1.807) is 11.1 Å². The van der Waals surface area contributed by atoms with Crippen molar-refractivity contribution < 1.29 is 5.11 Å². The highest BCUT2D eigenvalue weighted by molar-refractivity contribution is 5.38. The first-order valence-electron chi connectivity index (χ1n) is 12.9. The van der Waals surface area contributed by atoms with Gasteiger partial charge in [0.1, 0.15) is 0 Å². The molecule has 0 aromatic carbocycles. The monoisotopic (exact) mass is 410 g/mol. The molecule has 0 aliphatic heterocycles. The van der Waals surface area contributed by atoms with Gasteiger partial charge in [-0.15, -0.1) is 0 Å². The average molecular weight is 411 g/mol. The summed E-state index contributed by atoms with van der Waals surface area (Å²) in [5, 5.41) is 10.2. The van der Waals surface area contributed by atoms with E-state index in [-0.39, 0.29) is 6.10 Å². The molecule has 0 heterocycles. The van der Waals surface area contributed by atoms with Gasteiger partial charge in [0.15, 0.2) is 0 Å². The predicted molar refractivity (Wildman–Crippen MR) is 128 cm³/mol. The van der Waals surface area contributed by atoms with Crippen LogP contribution >= 0.6 is 0 Å². The predicted octanol–water partition coefficient (Wildman–Crippen LogP) is 7.87. The first kappa shape index (κ1) is 22.4. The highest BCUT2D eigenvalue weighted by Gasteiger charge is 2.56. The summed E-state index contributed by atoms with van der Waals surface area (Å²) in [6.07, 6.45) is 18.5. The lowest BCUT2D eigenvalue weighted by Gasteiger charge is -2.55. The van der Waals surface area contributed by atoms with Gasteiger partial charge in [-0.05, 0) is 105 Å². The summed E-state index contributed by atoms with van der Waals surface area (Å²) in [6, 6.07) is 0. The van der Waals surface area contributed by atoms with Crippen molar-refractivity contribution in [1.82, 2.24) is 0 Å². The van der Waals surface area contributed by atoms with Crippen molar-refractivity contribution in [1.29, 1.82) is 0 Å². The third kappa shape index (κ3) is 3.58. The topological polar surface area (TPSA) is 20.2 Å². The van der Waals surface area contributed by atoms with Crippen LogP contribution in [0, 0.1) is 40.4 Å². The van der Waals surface area contributed by atoms with Crippen LogP contribution in [-0.4, -0.2) is 11.2 Å². The van der Waals surface area contributed by atoms with E-state index in [9.17, 15) is 5.11 Å². The smallest absolute Gasteiger partial charge is 0.0578 e. The zero-order valence-corrected chi connectivity index (χ0v) is 20.5. The Morgan fingerprint density at radius 2 is 1.83 bits per heavy atom. The molecule has 0 radical (unpaired) electrons. The molecule has 4 aliphatic carbocycles. The second-order valence-corrected chi connectivity index (χ2v) is 12.0. The standard InChI is InChI=1S/C29H46O/c1-7-21(19(2)3)9-8-20(4)25-12-13-26-24-11-10-22-18-23(30)14-16-28(22,5)27(24)15-17-29(25,26)6/h7,10-11,19-20,23,25-27,30H,8-9,12-18H2,1-6H3/b21-7+. The Bertz CT molecular complexity index is 739. The molecule has 0 amide bonds. The zero-order valence-electron chi connectivity index (χ0n) is 20.5. The fraction of sp³-hybridized carbons (Fsp3) is 0.793. The molecule has 3 saturated carbocycles. The number of aliphatic hydroxyl groups excluding tert-OH is 1. The number of allylic oxidation sites excluding steroid dienone is 5. The van der Waals surface area contributed by atoms with E-state index in [0.717, 1.165) is 36.5 Å². The molecule has 0 saturated heterocycles. The van der Waals surface area contributed by atoms with E-state index in [1.165, 1.54) is 50.5 Å². The average Bonchev–Trinajstić information content (AvgIpc) is 3.06. The number of hydrogen-bond donors (Lipinski definition) is 1. The molecule has 1 heteroatoms. The van der Waals surface area contributed by atoms with Crippen LogP contribution in [0.5, 0.6) is 0 Å². The third-order valence-electron chi connectivity index (χ3n) is 10.3. The summed E-state index contributed by atoms with van der Waals surface area (Å²) in [4.78, 5) is 0. The number of fused-ring (bicyclic) bond motifs is 5. The first-order chi connectivity index (χ1) is 14.2. The van der Waals surface area contributed by atoms with Crippen molar-refractivity contribution in [3.05, 3.63) is 34.9 Å². The third-order valence-corrected chi connectivity index (χ3v) is 10.3. The van der Waals surface area contributed by atoms with Crippen molar-refractivity contribution in [2.45, 2.75) is 105 Å². The minimum Gasteiger partial charge on any atom is -0.393 e. The van der Waals surface area contributed by atoms with Crippen LogP contribution in [-0.2, 0) is 0 Å². The van der Waals surface area contributed by atoms with E-state index in [4.69, 9.17) is 0 Å². The summed E-state index contributed by atoms with van der Waals surface area (Å²) < 4.78 is 0. The zero-order chi connectivity index (χ0) is 21.7. The molecule has 0 aromatic rings. The summed E-state index contributed by atoms with van der Waals surface area (Å²) >= 11 is 0. The molecule has 30 heavy (non-hydrogen) atoms. The maximum absolute atomic E-state index is 10.2. The molecule has 4 rings (SSSR count). The van der Waals surface area contributed by atoms with Gasteiger partial charge in [-0.1, -0.05) is 69.6 Å². The van der Waals surface area contributed by atoms with Gasteiger partial charge >= 0.3 is 0 Å². The minimum atomic E-state index is -0.113. The Morgan fingerprint density at radius 3 is 2.53 bits per heavy atom. The molecular formula is C29H46O. The Hall–Kier alpha value is -0.820. The molecule has 1 nitrogen and oxygen atoms in total. The fourth-order valence-electron chi connectivity index (χ4n) is 8.32. The normalized spacial score (nSPS) is 42.2. The van der Waals surface area contributed by atoms with Gasteiger partial charge in [0, 0.05) is 0 Å². The van der Waals surface area contributed by atoms with Gasteiger partial charge in [0.25, 0.3) is 0 Å². The van der Waals surface area contributed by atoms with Gasteiger partial charge in [-0.25, -0.2) is 0 Å². The molecule has 4 aliphatic rings. The van der Waals surface area contributed by atoms with Crippen LogP contribution < -0.4 is 0 Å². The van der Waals surface area contributed by atoms with Crippen molar-refractivity contribution in [2.75, 3.05) is 0 Å². The molecule has 7 atom stereocenters. The largest absolute Gasteiger partial charge is 0.393 e. The summed E-state index contributed by atoms with van der Waals surface area (Å²) in [7, 11) is 0. The molecule has 0 aromatic heterocycles. The summed E-state index contributed by atoms with van der Waals surface area (Å²) in [6.45, 7) is 14.6. The minimum absolute atomic E-state index is 0.113. The lowest BCUT2D eigenvalue weighted by atomic mass is 9.50. The maximum Gasteiger partial charge on any atom is 0.0578 e. The van der Waals surface area contributed by atoms with Gasteiger partial charge < -0.3 is 5.11 Å². The highest BCUT2D eigenvalue weighted by Crippen LogP contribution is 2.66. The van der Waals surface area contributed by atoms with E-state index in [1.807, 2.05) is 0 Å². The Kier molecular flexibility index (Phi) is 6.17. The second-order valence-electron chi connectivity index (χ2n) is 12.0. The van der Waals surface area contributed by atoms with Crippen molar-refractivity contribution in [3.63, 3.8) is 0 Å². The maximum atomic E-state index is 10.2. The van der Waals surface area contributed by atoms with E-state index in [2.05, 4.69) is 59.8 Å². The molecule has 3 fully saturated rings. The van der Waals surface area contributed by atoms with Gasteiger partial charge in [0.05, 0.1) is 6.10 Å². The van der Waals surface area contributed by atoms with Crippen LogP contribution in [0.1, 0.15) is 99.3 Å². The Labute approximate surface area is 186 Å². The quantitative estimate of drug-likeness (QED) is 0.457. The van der Waals surface area contributed by atoms with E-state index >= 15 is 0 Å². The molecule has 7 unspecified atom stereocenters. The van der Waals surface area contributed by atoms with E-state index < -0.39 is 0 Å². The van der Waals surface area contributed by atoms with Crippen molar-refractivity contribution in [3.8, 4) is 0 Å². The SMILES string of the molecule is C/C=C(\CCC(C)C1CCC2C3=CC=C4CC(O)CCC4(C)C3CCC21C)C(C)C. The van der Waals surface area contributed by atoms with Gasteiger partial charge in [-0.3, -0.25) is 0 Å². The molecule has 0 bridgehead atoms. The molecular weight excluding hydrogens is 364 g/mol. The van der Waals surface area contributed by atoms with Crippen LogP contribution in [0.4, 0.5) is 0 Å². The lowest BCUT2D eigenvalue weighted by molar-refractivity contribution is 0.0326. The second kappa shape index (κ2) is 8.27. The number of hydrogen-bond acceptors (Lipinski definition) is 1. The Balaban J connectivity index is 1.52. The van der Waals surface area contributed by atoms with Crippen LogP contribution in [0.3, 0.4) is 0 Å². The molecule has 0 spiro atoms. The molecule has 168 valence electrons. The van der Waals surface area contributed by atoms with Crippen molar-refractivity contribution in [2.24, 2.45) is 40.4 Å². The van der Waals surface area contributed by atoms with Crippen LogP contribution in [0.2, 0.25) is 0 Å². The van der Waals surface area contributed by atoms with E-state index in [0.29, 0.717) is 16.7 Å². The van der Waals surface area contributed by atoms with Crippen LogP contribution in [0.25, 0.3) is 0 Å². The highest BCUT2D eigenvalue weighted by atomic mass is 16.3. The number of aliphatic hydroxyl groups is 1. The van der Waals surface area contributed by atoms with Crippen LogP contribution in [0.15, 0.2) is 34.9 Å². The Morgan fingerprint density at radius 1 is 1.07 bits per heavy atom. The number of rotatable bonds is 5. The fourth-order valence-corrected chi connectivity index (χ4v) is 8.32. The first-order valence-corrected chi connectivity index (χ1v) is 12.9. The van der Waals surface area contributed by atoms with Gasteiger partial charge in [0.2, 0.25) is 0 Å². The summed E-state index contributed by atoms with van der Waals surface area (Å²) in [5.41, 5.74) is 5.77.